The predicted octanol–water partition coefficient (Wildman–Crippen LogP) is 0.486. The molecule has 0 bridgehead atoms. The molecule has 5 nitrogen and oxygen atoms in total. The van der Waals surface area contributed by atoms with Crippen LogP contribution in [-0.2, 0) is 9.59 Å². The van der Waals surface area contributed by atoms with Crippen LogP contribution in [0.15, 0.2) is 0 Å². The second kappa shape index (κ2) is 9.98. The summed E-state index contributed by atoms with van der Waals surface area (Å²) in [5.41, 5.74) is -2.40. The van der Waals surface area contributed by atoms with E-state index in [1.54, 1.807) is 0 Å². The quantitative estimate of drug-likeness (QED) is 0.449. The van der Waals surface area contributed by atoms with Crippen LogP contribution in [0, 0.1) is 40.9 Å². The van der Waals surface area contributed by atoms with E-state index in [4.69, 9.17) is 0 Å². The van der Waals surface area contributed by atoms with Crippen LogP contribution >= 0.6 is 0 Å². The van der Waals surface area contributed by atoms with Gasteiger partial charge in [0, 0.05) is 17.8 Å². The average Bonchev–Trinajstić information content (AvgIpc) is 2.99. The molecule has 0 radical (unpaired) electrons. The van der Waals surface area contributed by atoms with Crippen molar-refractivity contribution in [3.63, 3.8) is 0 Å². The molecule has 0 aromatic rings. The van der Waals surface area contributed by atoms with Crippen molar-refractivity contribution in [3.05, 3.63) is 6.42 Å². The van der Waals surface area contributed by atoms with E-state index in [0.29, 0.717) is 12.3 Å². The fourth-order valence-corrected chi connectivity index (χ4v) is 7.64. The normalized spacial score (nSPS) is 45.9. The minimum Gasteiger partial charge on any atom is -0.393 e. The molecule has 0 spiro atoms. The standard InChI is InChI=1S/C21H32O5.C4H9.Li/c1-19-7-5-13(23)9-12(19)3-4-14-15-6-8-21(26,17(25)11-22)20(15,2)10-16(24)18(14)19;1-3-4-2;/h12-15,18,22-23,26H,3-11H2,1-2H3;3H,4H2,1-2H3;/q;-1;+1/t12-,13-,14+,15+,18-,19+,20+,21+;;/m1../s1. The molecule has 4 saturated carbocycles. The Kier molecular flexibility index (Phi) is 8.71. The topological polar surface area (TPSA) is 94.8 Å². The number of Topliss-reactive ketones (excluding diaryl/α,β-unsaturated/α-hetero) is 2. The van der Waals surface area contributed by atoms with Gasteiger partial charge in [-0.1, -0.05) is 20.8 Å². The van der Waals surface area contributed by atoms with Gasteiger partial charge in [0.15, 0.2) is 5.78 Å². The minimum atomic E-state index is -1.58. The number of ketones is 2. The number of aliphatic hydroxyl groups is 3. The first-order chi connectivity index (χ1) is 14.1. The molecular formula is C25H41LiO5. The molecule has 0 unspecified atom stereocenters. The summed E-state index contributed by atoms with van der Waals surface area (Å²) < 4.78 is 0. The van der Waals surface area contributed by atoms with E-state index in [2.05, 4.69) is 27.2 Å². The van der Waals surface area contributed by atoms with Crippen LogP contribution in [-0.4, -0.2) is 45.2 Å². The SMILES string of the molecule is C[C@]12CC[C@@H](O)C[C@H]1CC[C@@H]1[C@@H]2C(=O)C[C@@]2(C)[C@H]1CC[C@]2(O)C(=O)CO.C[CH-]CC.[Li+]. The fraction of sp³-hybridized carbons (Fsp3) is 0.880. The molecule has 0 aromatic carbocycles. The zero-order valence-corrected chi connectivity index (χ0v) is 20.2. The van der Waals surface area contributed by atoms with E-state index in [-0.39, 0.29) is 60.3 Å². The summed E-state index contributed by atoms with van der Waals surface area (Å²) in [5.74, 6) is 0.380. The first-order valence-electron chi connectivity index (χ1n) is 11.9. The molecule has 3 N–H and O–H groups in total. The van der Waals surface area contributed by atoms with E-state index in [1.165, 1.54) is 6.42 Å². The third-order valence-electron chi connectivity index (χ3n) is 9.49. The molecule has 0 aromatic heterocycles. The summed E-state index contributed by atoms with van der Waals surface area (Å²) in [6, 6.07) is 0. The minimum absolute atomic E-state index is 0. The van der Waals surface area contributed by atoms with Crippen molar-refractivity contribution in [2.45, 2.75) is 97.2 Å². The summed E-state index contributed by atoms with van der Waals surface area (Å²) in [5, 5.41) is 30.6. The van der Waals surface area contributed by atoms with Gasteiger partial charge in [0.2, 0.25) is 0 Å². The largest absolute Gasteiger partial charge is 1.00 e. The third kappa shape index (κ3) is 4.23. The summed E-state index contributed by atoms with van der Waals surface area (Å²) in [6.07, 6.45) is 8.79. The van der Waals surface area contributed by atoms with Gasteiger partial charge in [0.25, 0.3) is 0 Å². The number of rotatable bonds is 3. The number of hydrogen-bond donors (Lipinski definition) is 3. The van der Waals surface area contributed by atoms with Gasteiger partial charge in [-0.3, -0.25) is 9.59 Å². The van der Waals surface area contributed by atoms with Gasteiger partial charge >= 0.3 is 18.9 Å². The van der Waals surface area contributed by atoms with E-state index in [1.807, 2.05) is 6.92 Å². The Bertz CT molecular complexity index is 666. The van der Waals surface area contributed by atoms with Crippen LogP contribution in [0.25, 0.3) is 0 Å². The zero-order chi connectivity index (χ0) is 22.3. The van der Waals surface area contributed by atoms with E-state index >= 15 is 0 Å². The maximum atomic E-state index is 13.4. The van der Waals surface area contributed by atoms with Crippen molar-refractivity contribution in [3.8, 4) is 0 Å². The molecular weight excluding hydrogens is 387 g/mol. The molecule has 8 atom stereocenters. The van der Waals surface area contributed by atoms with Crippen molar-refractivity contribution >= 4 is 11.6 Å². The molecule has 31 heavy (non-hydrogen) atoms. The first kappa shape index (κ1) is 27.1. The van der Waals surface area contributed by atoms with E-state index in [0.717, 1.165) is 38.5 Å². The van der Waals surface area contributed by atoms with Crippen molar-refractivity contribution < 1.29 is 43.8 Å². The molecule has 6 heteroatoms. The second-order valence-corrected chi connectivity index (χ2v) is 10.8. The van der Waals surface area contributed by atoms with Crippen LogP contribution < -0.4 is 18.9 Å². The van der Waals surface area contributed by atoms with Gasteiger partial charge in [-0.25, -0.2) is 0 Å². The summed E-state index contributed by atoms with van der Waals surface area (Å²) in [4.78, 5) is 25.7. The number of hydrogen-bond acceptors (Lipinski definition) is 5. The molecule has 4 rings (SSSR count). The molecule has 0 amide bonds. The molecule has 0 heterocycles. The van der Waals surface area contributed by atoms with E-state index < -0.39 is 23.4 Å². The Morgan fingerprint density at radius 2 is 1.81 bits per heavy atom. The maximum absolute atomic E-state index is 13.4. The first-order valence-corrected chi connectivity index (χ1v) is 11.9. The number of aliphatic hydroxyl groups excluding tert-OH is 2. The van der Waals surface area contributed by atoms with Crippen molar-refractivity contribution in [2.75, 3.05) is 6.61 Å². The van der Waals surface area contributed by atoms with E-state index in [9.17, 15) is 24.9 Å². The third-order valence-corrected chi connectivity index (χ3v) is 9.49. The molecule has 0 saturated heterocycles. The van der Waals surface area contributed by atoms with Gasteiger partial charge in [-0.15, -0.1) is 0 Å². The summed E-state index contributed by atoms with van der Waals surface area (Å²) in [6.45, 7) is 7.64. The van der Waals surface area contributed by atoms with Crippen LogP contribution in [0.2, 0.25) is 0 Å². The number of fused-ring (bicyclic) bond motifs is 5. The monoisotopic (exact) mass is 428 g/mol. The molecule has 172 valence electrons. The molecule has 4 fully saturated rings. The smallest absolute Gasteiger partial charge is 0.393 e. The Labute approximate surface area is 199 Å². The fourth-order valence-electron chi connectivity index (χ4n) is 7.64. The zero-order valence-electron chi connectivity index (χ0n) is 20.2. The van der Waals surface area contributed by atoms with Crippen LogP contribution in [0.5, 0.6) is 0 Å². The van der Waals surface area contributed by atoms with Crippen LogP contribution in [0.3, 0.4) is 0 Å². The van der Waals surface area contributed by atoms with Gasteiger partial charge in [-0.05, 0) is 68.1 Å². The van der Waals surface area contributed by atoms with Crippen molar-refractivity contribution in [1.29, 1.82) is 0 Å². The van der Waals surface area contributed by atoms with Crippen molar-refractivity contribution in [1.82, 2.24) is 0 Å². The predicted molar refractivity (Wildman–Crippen MR) is 115 cm³/mol. The van der Waals surface area contributed by atoms with Crippen LogP contribution in [0.4, 0.5) is 0 Å². The Hall–Kier alpha value is -0.183. The Morgan fingerprint density at radius 3 is 2.39 bits per heavy atom. The Morgan fingerprint density at radius 1 is 1.16 bits per heavy atom. The number of carbonyl (C=O) groups is 2. The molecule has 0 aliphatic heterocycles. The van der Waals surface area contributed by atoms with Gasteiger partial charge < -0.3 is 21.7 Å². The Balaban J connectivity index is 0.000000631. The summed E-state index contributed by atoms with van der Waals surface area (Å²) in [7, 11) is 0. The van der Waals surface area contributed by atoms with Crippen molar-refractivity contribution in [2.24, 2.45) is 34.5 Å². The van der Waals surface area contributed by atoms with Gasteiger partial charge in [-0.2, -0.15) is 13.3 Å². The average molecular weight is 429 g/mol. The van der Waals surface area contributed by atoms with Crippen LogP contribution in [0.1, 0.15) is 85.5 Å². The molecule has 4 aliphatic carbocycles. The number of unbranched alkanes of at least 4 members (excludes halogenated alkanes) is 1. The van der Waals surface area contributed by atoms with Gasteiger partial charge in [0.05, 0.1) is 6.10 Å². The van der Waals surface area contributed by atoms with Gasteiger partial charge in [0.1, 0.15) is 18.0 Å². The summed E-state index contributed by atoms with van der Waals surface area (Å²) >= 11 is 0. The number of carbonyl (C=O) groups excluding carboxylic acids is 2. The maximum Gasteiger partial charge on any atom is 1.00 e. The molecule has 4 aliphatic rings. The second-order valence-electron chi connectivity index (χ2n) is 10.8.